The highest BCUT2D eigenvalue weighted by atomic mass is 28.2. The molecule has 0 aliphatic carbocycles. The molecule has 4 aromatic rings. The van der Waals surface area contributed by atoms with E-state index < -0.39 is 11.0 Å². The van der Waals surface area contributed by atoms with E-state index in [0.717, 1.165) is 69.5 Å². The van der Waals surface area contributed by atoms with Gasteiger partial charge in [-0.3, -0.25) is 24.7 Å². The van der Waals surface area contributed by atoms with Gasteiger partial charge in [0.05, 0.1) is 29.6 Å². The molecule has 2 N–H and O–H groups in total. The number of methoxy groups -OCH3 is 1. The third-order valence-corrected chi connectivity index (χ3v) is 11.5. The molecule has 1 saturated heterocycles. The lowest BCUT2D eigenvalue weighted by atomic mass is 9.84. The predicted molar refractivity (Wildman–Crippen MR) is 198 cm³/mol. The van der Waals surface area contributed by atoms with Gasteiger partial charge in [-0.2, -0.15) is 0 Å². The number of hydrogen-bond donors (Lipinski definition) is 2. The molecule has 5 radical (unpaired) electrons. The van der Waals surface area contributed by atoms with Gasteiger partial charge in [-0.1, -0.05) is 39.3 Å². The topological polar surface area (TPSA) is 106 Å². The van der Waals surface area contributed by atoms with Crippen LogP contribution in [0.3, 0.4) is 0 Å². The lowest BCUT2D eigenvalue weighted by Gasteiger charge is -2.27. The molecule has 6 rings (SSSR count). The number of ether oxygens (including phenoxy) is 2. The fourth-order valence-electron chi connectivity index (χ4n) is 7.37. The molecule has 9 nitrogen and oxygen atoms in total. The number of nitrogens with zero attached hydrogens (tertiary/aromatic N) is 3. The first-order valence-electron chi connectivity index (χ1n) is 17.7. The van der Waals surface area contributed by atoms with Crippen molar-refractivity contribution in [2.75, 3.05) is 20.3 Å². The number of hydrogen-bond acceptors (Lipinski definition) is 7. The molecule has 1 amide bonds. The van der Waals surface area contributed by atoms with Crippen LogP contribution in [0.5, 0.6) is 5.75 Å². The Kier molecular flexibility index (Phi) is 11.0. The van der Waals surface area contributed by atoms with Gasteiger partial charge in [0.15, 0.2) is 9.68 Å². The van der Waals surface area contributed by atoms with Crippen LogP contribution >= 0.6 is 0 Å². The molecule has 2 aromatic carbocycles. The van der Waals surface area contributed by atoms with Gasteiger partial charge in [0.1, 0.15) is 5.75 Å². The van der Waals surface area contributed by atoms with Gasteiger partial charge in [0, 0.05) is 64.1 Å². The summed E-state index contributed by atoms with van der Waals surface area (Å²) in [7, 11) is 5.48. The normalized spacial score (nSPS) is 20.6. The second-order valence-electron chi connectivity index (χ2n) is 14.3. The van der Waals surface area contributed by atoms with Crippen LogP contribution in [0.15, 0.2) is 54.7 Å². The van der Waals surface area contributed by atoms with Crippen molar-refractivity contribution < 1.29 is 24.2 Å². The molecular weight excluding hydrogens is 661 g/mol. The van der Waals surface area contributed by atoms with E-state index >= 15 is 0 Å². The number of carbonyl (C=O) groups is 2. The minimum absolute atomic E-state index is 0.0319. The first kappa shape index (κ1) is 36.0. The number of nitrogens with one attached hydrogen (secondary N) is 1. The second-order valence-corrected chi connectivity index (χ2v) is 16.2. The molecule has 1 fully saturated rings. The van der Waals surface area contributed by atoms with Gasteiger partial charge in [0.2, 0.25) is 5.91 Å². The Morgan fingerprint density at radius 2 is 1.98 bits per heavy atom. The third-order valence-electron chi connectivity index (χ3n) is 9.83. The summed E-state index contributed by atoms with van der Waals surface area (Å²) < 4.78 is 14.5. The van der Waals surface area contributed by atoms with Crippen LogP contribution in [-0.2, 0) is 38.4 Å². The number of carbonyl (C=O) groups excluding carboxylic acids is 2. The minimum Gasteiger partial charge on any atom is -0.508 e. The average molecular weight is 708 g/mol. The van der Waals surface area contributed by atoms with E-state index in [9.17, 15) is 14.7 Å². The zero-order valence-corrected chi connectivity index (χ0v) is 31.7. The van der Waals surface area contributed by atoms with Crippen molar-refractivity contribution in [2.24, 2.45) is 5.41 Å². The maximum absolute atomic E-state index is 13.5. The van der Waals surface area contributed by atoms with Crippen molar-refractivity contribution in [1.29, 1.82) is 0 Å². The summed E-state index contributed by atoms with van der Waals surface area (Å²) in [5.74, 6) is -0.179. The number of amides is 1. The monoisotopic (exact) mass is 707 g/mol. The van der Waals surface area contributed by atoms with E-state index in [1.165, 1.54) is 0 Å². The van der Waals surface area contributed by atoms with Crippen LogP contribution in [0.25, 0.3) is 33.3 Å². The highest BCUT2D eigenvalue weighted by Crippen LogP contribution is 2.43. The number of phenols is 1. The maximum atomic E-state index is 13.5. The summed E-state index contributed by atoms with van der Waals surface area (Å²) in [5, 5.41) is 16.9. The first-order chi connectivity index (χ1) is 24.0. The zero-order chi connectivity index (χ0) is 35.6. The number of fused-ring (bicyclic) bond motifs is 7. The smallest absolute Gasteiger partial charge is 0.307 e. The summed E-state index contributed by atoms with van der Waals surface area (Å²) in [4.78, 5) is 31.9. The number of rotatable bonds is 6. The molecule has 4 heterocycles. The van der Waals surface area contributed by atoms with Crippen molar-refractivity contribution >= 4 is 42.7 Å². The second kappa shape index (κ2) is 15.2. The van der Waals surface area contributed by atoms with Crippen molar-refractivity contribution in [1.82, 2.24) is 19.7 Å². The summed E-state index contributed by atoms with van der Waals surface area (Å²) in [6.45, 7) is 10.1. The van der Waals surface area contributed by atoms with Crippen molar-refractivity contribution in [3.63, 3.8) is 0 Å². The number of cyclic esters (lactones) is 1. The number of pyridine rings is 1. The lowest BCUT2D eigenvalue weighted by Crippen LogP contribution is -2.47. The molecule has 1 unspecified atom stereocenters. The van der Waals surface area contributed by atoms with Crippen molar-refractivity contribution in [3.05, 3.63) is 71.5 Å². The van der Waals surface area contributed by atoms with Crippen LogP contribution in [0.4, 0.5) is 0 Å². The van der Waals surface area contributed by atoms with Gasteiger partial charge >= 0.3 is 5.97 Å². The molecule has 50 heavy (non-hydrogen) atoms. The summed E-state index contributed by atoms with van der Waals surface area (Å²) >= 11 is 0. The highest BCUT2D eigenvalue weighted by molar-refractivity contribution is 6.41. The number of benzene rings is 2. The summed E-state index contributed by atoms with van der Waals surface area (Å²) in [5.41, 5.74) is 6.74. The van der Waals surface area contributed by atoms with Crippen molar-refractivity contribution in [2.45, 2.75) is 90.0 Å². The van der Waals surface area contributed by atoms with Gasteiger partial charge in [-0.15, -0.1) is 0 Å². The molecule has 11 heteroatoms. The lowest BCUT2D eigenvalue weighted by molar-refractivity contribution is -0.146. The zero-order valence-electron chi connectivity index (χ0n) is 29.7. The largest absolute Gasteiger partial charge is 0.508 e. The SMILES string of the molecule is CCCC(OC)c1ncccc1-c1c2c3cc(ccc3n1CC)-c1cc(O)cc(c1)C[C@H]([Si])C(=O)N1CCC[C@H]([Si]N1)C(=O)OCC(C)(C)C2. The molecule has 261 valence electrons. The van der Waals surface area contributed by atoms with Gasteiger partial charge in [0.25, 0.3) is 0 Å². The fourth-order valence-corrected chi connectivity index (χ4v) is 8.84. The average Bonchev–Trinajstić information content (AvgIpc) is 3.21. The van der Waals surface area contributed by atoms with Crippen LogP contribution in [0.2, 0.25) is 11.1 Å². The Labute approximate surface area is 301 Å². The highest BCUT2D eigenvalue weighted by Gasteiger charge is 2.33. The third kappa shape index (κ3) is 7.46. The van der Waals surface area contributed by atoms with Crippen LogP contribution in [0.1, 0.15) is 76.3 Å². The summed E-state index contributed by atoms with van der Waals surface area (Å²) in [6.07, 6.45) is 5.88. The molecule has 2 aliphatic rings. The van der Waals surface area contributed by atoms with Crippen LogP contribution in [-0.4, -0.2) is 71.7 Å². The molecule has 2 aromatic heterocycles. The van der Waals surface area contributed by atoms with E-state index in [2.05, 4.69) is 77.9 Å². The van der Waals surface area contributed by atoms with Gasteiger partial charge in [-0.05, 0) is 97.7 Å². The Balaban J connectivity index is 1.56. The number of aromatic hydroxyl groups is 1. The Bertz CT molecular complexity index is 1870. The Morgan fingerprint density at radius 3 is 2.74 bits per heavy atom. The van der Waals surface area contributed by atoms with E-state index in [1.54, 1.807) is 24.3 Å². The molecular formula is C39H47N4O5Si2. The van der Waals surface area contributed by atoms with Crippen LogP contribution < -0.4 is 5.09 Å². The number of hydrazine groups is 1. The number of aryl methyl sites for hydroxylation is 1. The molecule has 6 bridgehead atoms. The van der Waals surface area contributed by atoms with Crippen LogP contribution in [0, 0.1) is 5.41 Å². The first-order valence-corrected chi connectivity index (χ1v) is 19.4. The fraction of sp³-hybridized carbons (Fsp3) is 0.462. The maximum Gasteiger partial charge on any atom is 0.307 e. The van der Waals surface area contributed by atoms with Crippen molar-refractivity contribution in [3.8, 4) is 28.1 Å². The number of phenolic OH excluding ortho intramolecular Hbond substituents is 1. The predicted octanol–water partition coefficient (Wildman–Crippen LogP) is 6.74. The van der Waals surface area contributed by atoms with E-state index in [0.29, 0.717) is 32.2 Å². The number of aromatic nitrogens is 2. The van der Waals surface area contributed by atoms with E-state index in [1.807, 2.05) is 12.3 Å². The van der Waals surface area contributed by atoms with E-state index in [4.69, 9.17) is 14.5 Å². The summed E-state index contributed by atoms with van der Waals surface area (Å²) in [6, 6.07) is 16.2. The Hall–Kier alpha value is -3.78. The standard InChI is InChI=1S/C39H47N4O5Si2/c1-6-10-32(47-5)35-28(11-8-15-40-35)36-30-22-39(3,4)23-48-38(46)34-12-9-16-43(41-50-34)37(45)33(49)19-24-17-26(20-27(44)18-24)25-13-14-31(29(30)21-25)42(36)7-2/h8,11,13-15,17-18,20-21,32-34,41,44H,6-7,9-10,12,16,19,22-23H2,1-5H3/t32?,33-,34-/m0/s1. The van der Waals surface area contributed by atoms with Gasteiger partial charge < -0.3 is 19.1 Å². The van der Waals surface area contributed by atoms with E-state index in [-0.39, 0.29) is 45.6 Å². The quantitative estimate of drug-likeness (QED) is 0.169. The Morgan fingerprint density at radius 1 is 1.16 bits per heavy atom. The molecule has 0 spiro atoms. The minimum atomic E-state index is -0.513. The number of esters is 1. The molecule has 2 aliphatic heterocycles. The molecule has 3 atom stereocenters. The van der Waals surface area contributed by atoms with Gasteiger partial charge in [-0.25, -0.2) is 0 Å². The molecule has 0 saturated carbocycles.